The topological polar surface area (TPSA) is 81.4 Å². The Morgan fingerprint density at radius 2 is 2.08 bits per heavy atom. The Hall–Kier alpha value is -2.70. The molecule has 3 rings (SSSR count). The first kappa shape index (κ1) is 17.1. The van der Waals surface area contributed by atoms with Crippen molar-refractivity contribution < 1.29 is 9.66 Å². The molecule has 1 aliphatic rings. The summed E-state index contributed by atoms with van der Waals surface area (Å²) in [6.07, 6.45) is 4.38. The predicted molar refractivity (Wildman–Crippen MR) is 95.2 cm³/mol. The van der Waals surface area contributed by atoms with Crippen molar-refractivity contribution in [3.63, 3.8) is 0 Å². The Bertz CT molecular complexity index is 748. The minimum absolute atomic E-state index is 0.0162. The van der Waals surface area contributed by atoms with Crippen LogP contribution in [0.4, 0.5) is 11.5 Å². The van der Waals surface area contributed by atoms with Gasteiger partial charge in [-0.1, -0.05) is 26.0 Å². The standard InChI is InChI=1S/C18H22N4O3/c1-3-14-6-8-15(9-7-14)25-18-16(22(23)24)17(19-12-20-18)21-10-4-5-13(2)11-21/h6-9,12-13H,3-5,10-11H2,1-2H3. The van der Waals surface area contributed by atoms with Crippen LogP contribution in [0.5, 0.6) is 11.6 Å². The van der Waals surface area contributed by atoms with Crippen LogP contribution in [0.1, 0.15) is 32.3 Å². The molecule has 1 aliphatic heterocycles. The Morgan fingerprint density at radius 1 is 1.32 bits per heavy atom. The number of aromatic nitrogens is 2. The SMILES string of the molecule is CCc1ccc(Oc2ncnc(N3CCCC(C)C3)c2[N+](=O)[O-])cc1. The summed E-state index contributed by atoms with van der Waals surface area (Å²) in [4.78, 5) is 21.4. The van der Waals surface area contributed by atoms with Crippen LogP contribution in [0.3, 0.4) is 0 Å². The molecule has 1 fully saturated rings. The maximum Gasteiger partial charge on any atom is 0.373 e. The maximum atomic E-state index is 11.7. The Kier molecular flexibility index (Phi) is 5.11. The summed E-state index contributed by atoms with van der Waals surface area (Å²) < 4.78 is 5.71. The average molecular weight is 342 g/mol. The number of piperidine rings is 1. The van der Waals surface area contributed by atoms with Crippen LogP contribution in [0.15, 0.2) is 30.6 Å². The summed E-state index contributed by atoms with van der Waals surface area (Å²) in [5.41, 5.74) is 1.00. The largest absolute Gasteiger partial charge is 0.434 e. The van der Waals surface area contributed by atoms with Crippen molar-refractivity contribution in [1.29, 1.82) is 0 Å². The molecule has 132 valence electrons. The quantitative estimate of drug-likeness (QED) is 0.604. The van der Waals surface area contributed by atoms with Gasteiger partial charge in [-0.2, -0.15) is 4.98 Å². The molecule has 2 heterocycles. The predicted octanol–water partition coefficient (Wildman–Crippen LogP) is 3.98. The normalized spacial score (nSPS) is 17.4. The van der Waals surface area contributed by atoms with E-state index in [9.17, 15) is 10.1 Å². The lowest BCUT2D eigenvalue weighted by Gasteiger charge is -2.31. The first-order valence-corrected chi connectivity index (χ1v) is 8.59. The lowest BCUT2D eigenvalue weighted by molar-refractivity contribution is -0.385. The van der Waals surface area contributed by atoms with Gasteiger partial charge in [-0.05, 0) is 42.9 Å². The lowest BCUT2D eigenvalue weighted by atomic mass is 10.0. The van der Waals surface area contributed by atoms with Crippen molar-refractivity contribution in [3.8, 4) is 11.6 Å². The lowest BCUT2D eigenvalue weighted by Crippen LogP contribution is -2.35. The third kappa shape index (κ3) is 3.87. The number of nitro groups is 1. The van der Waals surface area contributed by atoms with E-state index < -0.39 is 4.92 Å². The molecule has 0 bridgehead atoms. The fourth-order valence-corrected chi connectivity index (χ4v) is 3.11. The van der Waals surface area contributed by atoms with Crippen LogP contribution in [0.2, 0.25) is 0 Å². The van der Waals surface area contributed by atoms with Crippen molar-refractivity contribution in [2.75, 3.05) is 18.0 Å². The van der Waals surface area contributed by atoms with Crippen molar-refractivity contribution in [1.82, 2.24) is 9.97 Å². The van der Waals surface area contributed by atoms with E-state index in [1.54, 1.807) is 12.1 Å². The number of hydrogen-bond acceptors (Lipinski definition) is 6. The molecule has 1 aromatic heterocycles. The minimum atomic E-state index is -0.454. The second-order valence-electron chi connectivity index (χ2n) is 6.40. The van der Waals surface area contributed by atoms with E-state index in [1.807, 2.05) is 17.0 Å². The molecular weight excluding hydrogens is 320 g/mol. The number of hydrogen-bond donors (Lipinski definition) is 0. The molecule has 2 aromatic rings. The second-order valence-corrected chi connectivity index (χ2v) is 6.40. The summed E-state index contributed by atoms with van der Waals surface area (Å²) >= 11 is 0. The Morgan fingerprint density at radius 3 is 2.72 bits per heavy atom. The molecular formula is C18H22N4O3. The van der Waals surface area contributed by atoms with Gasteiger partial charge in [0.05, 0.1) is 4.92 Å². The van der Waals surface area contributed by atoms with Crippen molar-refractivity contribution in [2.45, 2.75) is 33.1 Å². The summed E-state index contributed by atoms with van der Waals surface area (Å²) in [5, 5.41) is 11.7. The number of benzene rings is 1. The molecule has 1 atom stereocenters. The molecule has 0 radical (unpaired) electrons. The molecule has 0 aliphatic carbocycles. The number of nitrogens with zero attached hydrogens (tertiary/aromatic N) is 4. The summed E-state index contributed by atoms with van der Waals surface area (Å²) in [7, 11) is 0. The molecule has 1 aromatic carbocycles. The van der Waals surface area contributed by atoms with E-state index in [1.165, 1.54) is 11.9 Å². The van der Waals surface area contributed by atoms with Crippen LogP contribution in [-0.2, 0) is 6.42 Å². The van der Waals surface area contributed by atoms with E-state index in [0.717, 1.165) is 32.4 Å². The molecule has 0 N–H and O–H groups in total. The molecule has 1 unspecified atom stereocenters. The highest BCUT2D eigenvalue weighted by atomic mass is 16.6. The van der Waals surface area contributed by atoms with E-state index in [0.29, 0.717) is 17.5 Å². The molecule has 0 saturated carbocycles. The van der Waals surface area contributed by atoms with Crippen LogP contribution in [-0.4, -0.2) is 28.0 Å². The van der Waals surface area contributed by atoms with Crippen molar-refractivity contribution >= 4 is 11.5 Å². The highest BCUT2D eigenvalue weighted by molar-refractivity contribution is 5.63. The van der Waals surface area contributed by atoms with Crippen LogP contribution >= 0.6 is 0 Å². The molecule has 1 saturated heterocycles. The van der Waals surface area contributed by atoms with E-state index in [2.05, 4.69) is 23.8 Å². The summed E-state index contributed by atoms with van der Waals surface area (Å²) in [6, 6.07) is 7.48. The highest BCUT2D eigenvalue weighted by Crippen LogP contribution is 2.37. The summed E-state index contributed by atoms with van der Waals surface area (Å²) in [5.74, 6) is 1.33. The molecule has 25 heavy (non-hydrogen) atoms. The minimum Gasteiger partial charge on any atom is -0.434 e. The molecule has 7 heteroatoms. The van der Waals surface area contributed by atoms with Gasteiger partial charge >= 0.3 is 11.6 Å². The smallest absolute Gasteiger partial charge is 0.373 e. The van der Waals surface area contributed by atoms with Crippen LogP contribution in [0, 0.1) is 16.0 Å². The summed E-state index contributed by atoms with van der Waals surface area (Å²) in [6.45, 7) is 5.72. The fraction of sp³-hybridized carbons (Fsp3) is 0.444. The number of rotatable bonds is 5. The van der Waals surface area contributed by atoms with Gasteiger partial charge in [0.15, 0.2) is 0 Å². The Balaban J connectivity index is 1.93. The Labute approximate surface area is 146 Å². The third-order valence-electron chi connectivity index (χ3n) is 4.45. The monoisotopic (exact) mass is 342 g/mol. The number of anilines is 1. The van der Waals surface area contributed by atoms with Crippen LogP contribution in [0.25, 0.3) is 0 Å². The van der Waals surface area contributed by atoms with Crippen LogP contribution < -0.4 is 9.64 Å². The van der Waals surface area contributed by atoms with Gasteiger partial charge < -0.3 is 9.64 Å². The zero-order valence-electron chi connectivity index (χ0n) is 14.5. The zero-order valence-corrected chi connectivity index (χ0v) is 14.5. The maximum absolute atomic E-state index is 11.7. The van der Waals surface area contributed by atoms with Gasteiger partial charge in [-0.3, -0.25) is 10.1 Å². The zero-order chi connectivity index (χ0) is 17.8. The van der Waals surface area contributed by atoms with E-state index in [4.69, 9.17) is 4.74 Å². The first-order valence-electron chi connectivity index (χ1n) is 8.59. The van der Waals surface area contributed by atoms with Gasteiger partial charge in [-0.15, -0.1) is 0 Å². The average Bonchev–Trinajstić information content (AvgIpc) is 2.62. The highest BCUT2D eigenvalue weighted by Gasteiger charge is 2.30. The third-order valence-corrected chi connectivity index (χ3v) is 4.45. The molecule has 7 nitrogen and oxygen atoms in total. The van der Waals surface area contributed by atoms with E-state index >= 15 is 0 Å². The van der Waals surface area contributed by atoms with Gasteiger partial charge in [0.2, 0.25) is 5.82 Å². The number of ether oxygens (including phenoxy) is 1. The fourth-order valence-electron chi connectivity index (χ4n) is 3.11. The van der Waals surface area contributed by atoms with Gasteiger partial charge in [0.1, 0.15) is 12.1 Å². The van der Waals surface area contributed by atoms with E-state index in [-0.39, 0.29) is 11.6 Å². The molecule has 0 spiro atoms. The number of aryl methyl sites for hydroxylation is 1. The first-order chi connectivity index (χ1) is 12.1. The molecule has 0 amide bonds. The second kappa shape index (κ2) is 7.46. The van der Waals surface area contributed by atoms with Gasteiger partial charge in [0, 0.05) is 13.1 Å². The van der Waals surface area contributed by atoms with Crippen molar-refractivity contribution in [2.24, 2.45) is 5.92 Å². The van der Waals surface area contributed by atoms with Gasteiger partial charge in [-0.25, -0.2) is 4.98 Å². The van der Waals surface area contributed by atoms with Crippen molar-refractivity contribution in [3.05, 3.63) is 46.3 Å². The van der Waals surface area contributed by atoms with Gasteiger partial charge in [0.25, 0.3) is 0 Å².